The van der Waals surface area contributed by atoms with Crippen LogP contribution in [-0.2, 0) is 16.6 Å². The fourth-order valence-electron chi connectivity index (χ4n) is 2.40. The molecule has 2 rings (SSSR count). The average Bonchev–Trinajstić information content (AvgIpc) is 2.89. The van der Waals surface area contributed by atoms with Gasteiger partial charge in [0.15, 0.2) is 0 Å². The Balaban J connectivity index is 2.36. The van der Waals surface area contributed by atoms with E-state index in [1.165, 1.54) is 25.3 Å². The molecular weight excluding hydrogens is 286 g/mol. The highest BCUT2D eigenvalue weighted by Crippen LogP contribution is 2.26. The largest absolute Gasteiger partial charge is 0.311 e. The molecule has 0 saturated heterocycles. The van der Waals surface area contributed by atoms with Crippen molar-refractivity contribution in [2.45, 2.75) is 59.3 Å². The molecule has 1 heterocycles. The SMILES string of the molecule is CCCCc1ccc(-n2nc(C(C)(C)C)cc2NC(C)=O)cc1. The number of hydrogen-bond donors (Lipinski definition) is 1. The molecule has 1 aromatic carbocycles. The van der Waals surface area contributed by atoms with Crippen LogP contribution in [-0.4, -0.2) is 15.7 Å². The van der Waals surface area contributed by atoms with Gasteiger partial charge in [0.2, 0.25) is 5.91 Å². The summed E-state index contributed by atoms with van der Waals surface area (Å²) in [5, 5.41) is 7.57. The van der Waals surface area contributed by atoms with Crippen molar-refractivity contribution in [1.29, 1.82) is 0 Å². The quantitative estimate of drug-likeness (QED) is 0.885. The Kier molecular flexibility index (Phi) is 5.24. The van der Waals surface area contributed by atoms with E-state index in [4.69, 9.17) is 5.10 Å². The predicted molar refractivity (Wildman–Crippen MR) is 95.2 cm³/mol. The van der Waals surface area contributed by atoms with Crippen molar-refractivity contribution in [3.05, 3.63) is 41.6 Å². The van der Waals surface area contributed by atoms with Crippen molar-refractivity contribution in [3.63, 3.8) is 0 Å². The third-order valence-electron chi connectivity index (χ3n) is 3.78. The van der Waals surface area contributed by atoms with E-state index in [2.05, 4.69) is 57.3 Å². The lowest BCUT2D eigenvalue weighted by Gasteiger charge is -2.14. The van der Waals surface area contributed by atoms with Crippen molar-refractivity contribution < 1.29 is 4.79 Å². The molecule has 2 aromatic rings. The lowest BCUT2D eigenvalue weighted by molar-refractivity contribution is -0.114. The van der Waals surface area contributed by atoms with Gasteiger partial charge in [-0.1, -0.05) is 46.2 Å². The molecule has 1 N–H and O–H groups in total. The second-order valence-electron chi connectivity index (χ2n) is 7.03. The second-order valence-corrected chi connectivity index (χ2v) is 7.03. The third kappa shape index (κ3) is 4.44. The fourth-order valence-corrected chi connectivity index (χ4v) is 2.40. The van der Waals surface area contributed by atoms with Gasteiger partial charge in [0.25, 0.3) is 0 Å². The molecule has 4 heteroatoms. The average molecular weight is 313 g/mol. The molecule has 0 spiro atoms. The van der Waals surface area contributed by atoms with Gasteiger partial charge in [0.1, 0.15) is 5.82 Å². The van der Waals surface area contributed by atoms with Crippen LogP contribution in [0.15, 0.2) is 30.3 Å². The van der Waals surface area contributed by atoms with Crippen molar-refractivity contribution in [2.24, 2.45) is 0 Å². The number of aryl methyl sites for hydroxylation is 1. The highest BCUT2D eigenvalue weighted by Gasteiger charge is 2.21. The first kappa shape index (κ1) is 17.3. The summed E-state index contributed by atoms with van der Waals surface area (Å²) in [6, 6.07) is 10.4. The molecule has 0 bridgehead atoms. The first-order valence-corrected chi connectivity index (χ1v) is 8.28. The van der Waals surface area contributed by atoms with Gasteiger partial charge in [-0.05, 0) is 30.5 Å². The Hall–Kier alpha value is -2.10. The zero-order valence-corrected chi connectivity index (χ0v) is 14.8. The summed E-state index contributed by atoms with van der Waals surface area (Å²) in [6.07, 6.45) is 3.50. The summed E-state index contributed by atoms with van der Waals surface area (Å²) < 4.78 is 1.81. The van der Waals surface area contributed by atoms with Crippen LogP contribution in [0, 0.1) is 0 Å². The minimum Gasteiger partial charge on any atom is -0.311 e. The summed E-state index contributed by atoms with van der Waals surface area (Å²) in [5.41, 5.74) is 3.18. The van der Waals surface area contributed by atoms with Crippen molar-refractivity contribution >= 4 is 11.7 Å². The van der Waals surface area contributed by atoms with E-state index >= 15 is 0 Å². The molecule has 23 heavy (non-hydrogen) atoms. The van der Waals surface area contributed by atoms with Crippen molar-refractivity contribution in [1.82, 2.24) is 9.78 Å². The summed E-state index contributed by atoms with van der Waals surface area (Å²) >= 11 is 0. The molecule has 0 aliphatic heterocycles. The lowest BCUT2D eigenvalue weighted by atomic mass is 9.92. The maximum atomic E-state index is 11.5. The first-order valence-electron chi connectivity index (χ1n) is 8.28. The molecule has 124 valence electrons. The number of aromatic nitrogens is 2. The Morgan fingerprint density at radius 2 is 1.87 bits per heavy atom. The van der Waals surface area contributed by atoms with E-state index in [1.807, 2.05) is 10.7 Å². The monoisotopic (exact) mass is 313 g/mol. The number of hydrogen-bond acceptors (Lipinski definition) is 2. The molecular formula is C19H27N3O. The van der Waals surface area contributed by atoms with Crippen LogP contribution in [0.25, 0.3) is 5.69 Å². The summed E-state index contributed by atoms with van der Waals surface area (Å²) in [7, 11) is 0. The van der Waals surface area contributed by atoms with Crippen LogP contribution >= 0.6 is 0 Å². The Labute approximate surface area is 138 Å². The van der Waals surface area contributed by atoms with Gasteiger partial charge < -0.3 is 5.32 Å². The molecule has 0 aliphatic rings. The number of carbonyl (C=O) groups is 1. The van der Waals surface area contributed by atoms with E-state index < -0.39 is 0 Å². The molecule has 4 nitrogen and oxygen atoms in total. The Morgan fingerprint density at radius 1 is 1.22 bits per heavy atom. The van der Waals surface area contributed by atoms with Gasteiger partial charge in [0.05, 0.1) is 11.4 Å². The van der Waals surface area contributed by atoms with Crippen molar-refractivity contribution in [2.75, 3.05) is 5.32 Å². The van der Waals surface area contributed by atoms with Crippen LogP contribution in [0.1, 0.15) is 58.7 Å². The molecule has 0 aliphatic carbocycles. The smallest absolute Gasteiger partial charge is 0.222 e. The number of nitrogens with zero attached hydrogens (tertiary/aromatic N) is 2. The van der Waals surface area contributed by atoms with Crippen molar-refractivity contribution in [3.8, 4) is 5.69 Å². The highest BCUT2D eigenvalue weighted by atomic mass is 16.1. The van der Waals surface area contributed by atoms with Crippen LogP contribution in [0.4, 0.5) is 5.82 Å². The summed E-state index contributed by atoms with van der Waals surface area (Å²) in [6.45, 7) is 10.1. The molecule has 1 aromatic heterocycles. The van der Waals surface area contributed by atoms with E-state index in [0.717, 1.165) is 17.8 Å². The van der Waals surface area contributed by atoms with Gasteiger partial charge >= 0.3 is 0 Å². The molecule has 0 fully saturated rings. The van der Waals surface area contributed by atoms with E-state index in [0.29, 0.717) is 5.82 Å². The molecule has 0 unspecified atom stereocenters. The van der Waals surface area contributed by atoms with Crippen LogP contribution in [0.3, 0.4) is 0 Å². The lowest BCUT2D eigenvalue weighted by Crippen LogP contribution is -2.13. The first-order chi connectivity index (χ1) is 10.8. The number of unbranched alkanes of at least 4 members (excludes halogenated alkanes) is 1. The number of nitrogens with one attached hydrogen (secondary N) is 1. The zero-order valence-electron chi connectivity index (χ0n) is 14.8. The number of carbonyl (C=O) groups excluding carboxylic acids is 1. The molecule has 1 amide bonds. The Bertz CT molecular complexity index is 663. The predicted octanol–water partition coefficient (Wildman–Crippen LogP) is 4.47. The van der Waals surface area contributed by atoms with Crippen LogP contribution in [0.2, 0.25) is 0 Å². The van der Waals surface area contributed by atoms with Gasteiger partial charge in [-0.3, -0.25) is 4.79 Å². The minimum atomic E-state index is -0.0915. The second kappa shape index (κ2) is 6.99. The maximum absolute atomic E-state index is 11.5. The van der Waals surface area contributed by atoms with Gasteiger partial charge in [-0.2, -0.15) is 5.10 Å². The number of rotatable bonds is 5. The topological polar surface area (TPSA) is 46.9 Å². The summed E-state index contributed by atoms with van der Waals surface area (Å²) in [4.78, 5) is 11.5. The standard InChI is InChI=1S/C19H27N3O/c1-6-7-8-15-9-11-16(12-10-15)22-18(20-14(2)23)13-17(21-22)19(3,4)5/h9-13H,6-8H2,1-5H3,(H,20,23). The van der Waals surface area contributed by atoms with Gasteiger partial charge in [-0.25, -0.2) is 4.68 Å². The van der Waals surface area contributed by atoms with E-state index in [-0.39, 0.29) is 11.3 Å². The summed E-state index contributed by atoms with van der Waals surface area (Å²) in [5.74, 6) is 0.620. The normalized spacial score (nSPS) is 11.5. The minimum absolute atomic E-state index is 0.0699. The Morgan fingerprint density at radius 3 is 2.39 bits per heavy atom. The third-order valence-corrected chi connectivity index (χ3v) is 3.78. The zero-order chi connectivity index (χ0) is 17.0. The highest BCUT2D eigenvalue weighted by molar-refractivity contribution is 5.88. The van der Waals surface area contributed by atoms with E-state index in [9.17, 15) is 4.79 Å². The fraction of sp³-hybridized carbons (Fsp3) is 0.474. The molecule has 0 saturated carbocycles. The maximum Gasteiger partial charge on any atom is 0.222 e. The number of anilines is 1. The number of benzene rings is 1. The molecule has 0 radical (unpaired) electrons. The number of amides is 1. The molecule has 0 atom stereocenters. The van der Waals surface area contributed by atoms with Gasteiger partial charge in [-0.15, -0.1) is 0 Å². The van der Waals surface area contributed by atoms with Gasteiger partial charge in [0, 0.05) is 18.4 Å². The van der Waals surface area contributed by atoms with E-state index in [1.54, 1.807) is 0 Å². The van der Waals surface area contributed by atoms with Crippen LogP contribution in [0.5, 0.6) is 0 Å². The van der Waals surface area contributed by atoms with Crippen LogP contribution < -0.4 is 5.32 Å².